The standard InChI is InChI=1S/C20H19N3O2/c21-11-15-3-1-2-4-19(15)25-17-7-5-14(6-8-17)20(24)22-18-13-23-10-9-16(18)12-23/h1-8,16,18H,9-10,12-13H2,(H,22,24). The van der Waals surface area contributed by atoms with Gasteiger partial charge in [-0.3, -0.25) is 4.79 Å². The number of carbonyl (C=O) groups is 1. The van der Waals surface area contributed by atoms with Crippen LogP contribution >= 0.6 is 0 Å². The summed E-state index contributed by atoms with van der Waals surface area (Å²) in [5, 5.41) is 12.3. The molecular weight excluding hydrogens is 314 g/mol. The summed E-state index contributed by atoms with van der Waals surface area (Å²) in [6.07, 6.45) is 1.18. The van der Waals surface area contributed by atoms with Crippen LogP contribution in [0, 0.1) is 17.2 Å². The number of piperidine rings is 1. The van der Waals surface area contributed by atoms with Gasteiger partial charge in [0.1, 0.15) is 17.6 Å². The Kier molecular flexibility index (Phi) is 4.12. The highest BCUT2D eigenvalue weighted by Crippen LogP contribution is 2.28. The Bertz CT molecular complexity index is 826. The molecule has 2 aromatic carbocycles. The second-order valence-corrected chi connectivity index (χ2v) is 6.62. The maximum absolute atomic E-state index is 12.4. The third-order valence-electron chi connectivity index (χ3n) is 5.00. The van der Waals surface area contributed by atoms with Crippen molar-refractivity contribution in [3.8, 4) is 17.6 Å². The lowest BCUT2D eigenvalue weighted by Crippen LogP contribution is -2.43. The number of ether oxygens (including phenoxy) is 1. The molecule has 0 radical (unpaired) electrons. The highest BCUT2D eigenvalue weighted by Gasteiger charge is 2.38. The van der Waals surface area contributed by atoms with Crippen LogP contribution in [-0.4, -0.2) is 36.5 Å². The van der Waals surface area contributed by atoms with Crippen molar-refractivity contribution in [1.82, 2.24) is 10.2 Å². The van der Waals surface area contributed by atoms with Crippen LogP contribution in [0.1, 0.15) is 22.3 Å². The summed E-state index contributed by atoms with van der Waals surface area (Å²) in [5.74, 6) is 1.67. The molecule has 3 atom stereocenters. The van der Waals surface area contributed by atoms with Gasteiger partial charge in [-0.25, -0.2) is 0 Å². The summed E-state index contributed by atoms with van der Waals surface area (Å²) < 4.78 is 5.75. The lowest BCUT2D eigenvalue weighted by atomic mass is 9.99. The van der Waals surface area contributed by atoms with Crippen LogP contribution < -0.4 is 10.1 Å². The van der Waals surface area contributed by atoms with Gasteiger partial charge in [0.2, 0.25) is 0 Å². The number of nitriles is 1. The van der Waals surface area contributed by atoms with Crippen LogP contribution in [0.15, 0.2) is 48.5 Å². The Hall–Kier alpha value is -2.84. The summed E-state index contributed by atoms with van der Waals surface area (Å²) in [5.41, 5.74) is 1.11. The molecule has 2 fully saturated rings. The molecule has 1 N–H and O–H groups in total. The maximum atomic E-state index is 12.4. The number of rotatable bonds is 4. The third-order valence-corrected chi connectivity index (χ3v) is 5.00. The van der Waals surface area contributed by atoms with E-state index in [-0.39, 0.29) is 11.9 Å². The number of carbonyl (C=O) groups excluding carboxylic acids is 1. The van der Waals surface area contributed by atoms with Crippen LogP contribution in [0.25, 0.3) is 0 Å². The molecule has 1 amide bonds. The van der Waals surface area contributed by atoms with Gasteiger partial charge in [0, 0.05) is 24.7 Å². The minimum absolute atomic E-state index is 0.0391. The molecule has 0 aliphatic carbocycles. The molecule has 0 spiro atoms. The summed E-state index contributed by atoms with van der Waals surface area (Å²) in [4.78, 5) is 14.8. The van der Waals surface area contributed by atoms with E-state index in [1.54, 1.807) is 42.5 Å². The van der Waals surface area contributed by atoms with Crippen molar-refractivity contribution < 1.29 is 9.53 Å². The lowest BCUT2D eigenvalue weighted by molar-refractivity contribution is 0.0924. The van der Waals surface area contributed by atoms with E-state index in [1.165, 1.54) is 6.42 Å². The first-order valence-corrected chi connectivity index (χ1v) is 8.53. The average Bonchev–Trinajstić information content (AvgIpc) is 3.26. The van der Waals surface area contributed by atoms with Gasteiger partial charge >= 0.3 is 0 Å². The van der Waals surface area contributed by atoms with E-state index in [0.29, 0.717) is 28.5 Å². The van der Waals surface area contributed by atoms with E-state index in [9.17, 15) is 4.79 Å². The van der Waals surface area contributed by atoms with Crippen LogP contribution in [0.5, 0.6) is 11.5 Å². The van der Waals surface area contributed by atoms with Crippen molar-refractivity contribution in [2.24, 2.45) is 5.92 Å². The number of hydrogen-bond acceptors (Lipinski definition) is 4. The Morgan fingerprint density at radius 1 is 1.16 bits per heavy atom. The van der Waals surface area contributed by atoms with E-state index < -0.39 is 0 Å². The van der Waals surface area contributed by atoms with E-state index in [1.807, 2.05) is 6.07 Å². The van der Waals surface area contributed by atoms with Gasteiger partial charge in [0.15, 0.2) is 0 Å². The van der Waals surface area contributed by atoms with Crippen LogP contribution in [0.2, 0.25) is 0 Å². The van der Waals surface area contributed by atoms with Gasteiger partial charge < -0.3 is 15.0 Å². The SMILES string of the molecule is N#Cc1ccccc1Oc1ccc(C(=O)NC2CN3CCC2C3)cc1. The van der Waals surface area contributed by atoms with Gasteiger partial charge in [-0.2, -0.15) is 5.26 Å². The van der Waals surface area contributed by atoms with Crippen molar-refractivity contribution in [2.45, 2.75) is 12.5 Å². The molecule has 3 unspecified atom stereocenters. The molecule has 25 heavy (non-hydrogen) atoms. The molecule has 2 aromatic rings. The number of nitrogens with zero attached hydrogens (tertiary/aromatic N) is 2. The van der Waals surface area contributed by atoms with Gasteiger partial charge in [0.05, 0.1) is 5.56 Å². The Labute approximate surface area is 146 Å². The van der Waals surface area contributed by atoms with Gasteiger partial charge in [-0.15, -0.1) is 0 Å². The fraction of sp³-hybridized carbons (Fsp3) is 0.300. The van der Waals surface area contributed by atoms with Crippen molar-refractivity contribution >= 4 is 5.91 Å². The number of nitrogens with one attached hydrogen (secondary N) is 1. The predicted molar refractivity (Wildman–Crippen MR) is 93.5 cm³/mol. The van der Waals surface area contributed by atoms with Crippen molar-refractivity contribution in [2.75, 3.05) is 19.6 Å². The first-order valence-electron chi connectivity index (χ1n) is 8.53. The smallest absolute Gasteiger partial charge is 0.251 e. The molecule has 0 aromatic heterocycles. The molecular formula is C20H19N3O2. The molecule has 2 aliphatic rings. The molecule has 4 rings (SSSR count). The maximum Gasteiger partial charge on any atom is 0.251 e. The van der Waals surface area contributed by atoms with E-state index in [0.717, 1.165) is 19.6 Å². The fourth-order valence-electron chi connectivity index (χ4n) is 3.65. The van der Waals surface area contributed by atoms with E-state index in [2.05, 4.69) is 16.3 Å². The number of fused-ring (bicyclic) bond motifs is 2. The minimum atomic E-state index is -0.0391. The van der Waals surface area contributed by atoms with Crippen LogP contribution in [0.4, 0.5) is 0 Å². The zero-order valence-corrected chi connectivity index (χ0v) is 13.8. The molecule has 0 saturated carbocycles. The van der Waals surface area contributed by atoms with E-state index in [4.69, 9.17) is 10.00 Å². The van der Waals surface area contributed by atoms with Crippen LogP contribution in [-0.2, 0) is 0 Å². The first kappa shape index (κ1) is 15.7. The molecule has 5 heteroatoms. The summed E-state index contributed by atoms with van der Waals surface area (Å²) >= 11 is 0. The van der Waals surface area contributed by atoms with Crippen molar-refractivity contribution in [3.63, 3.8) is 0 Å². The average molecular weight is 333 g/mol. The molecule has 2 saturated heterocycles. The zero-order valence-electron chi connectivity index (χ0n) is 13.8. The van der Waals surface area contributed by atoms with Gasteiger partial charge in [-0.05, 0) is 55.3 Å². The van der Waals surface area contributed by atoms with Crippen molar-refractivity contribution in [1.29, 1.82) is 5.26 Å². The normalized spacial score (nSPS) is 23.9. The van der Waals surface area contributed by atoms with E-state index >= 15 is 0 Å². The molecule has 2 bridgehead atoms. The summed E-state index contributed by atoms with van der Waals surface area (Å²) in [7, 11) is 0. The minimum Gasteiger partial charge on any atom is -0.456 e. The number of benzene rings is 2. The quantitative estimate of drug-likeness (QED) is 0.934. The first-order chi connectivity index (χ1) is 12.2. The number of para-hydroxylation sites is 1. The monoisotopic (exact) mass is 333 g/mol. The summed E-state index contributed by atoms with van der Waals surface area (Å²) in [6, 6.07) is 16.5. The molecule has 5 nitrogen and oxygen atoms in total. The topological polar surface area (TPSA) is 65.4 Å². The zero-order chi connectivity index (χ0) is 17.2. The summed E-state index contributed by atoms with van der Waals surface area (Å²) in [6.45, 7) is 3.23. The lowest BCUT2D eigenvalue weighted by Gasteiger charge is -2.23. The Balaban J connectivity index is 1.41. The van der Waals surface area contributed by atoms with Crippen LogP contribution in [0.3, 0.4) is 0 Å². The number of amides is 1. The highest BCUT2D eigenvalue weighted by atomic mass is 16.5. The van der Waals surface area contributed by atoms with Gasteiger partial charge in [0.25, 0.3) is 5.91 Å². The second kappa shape index (κ2) is 6.58. The third kappa shape index (κ3) is 3.21. The predicted octanol–water partition coefficient (Wildman–Crippen LogP) is 2.78. The second-order valence-electron chi connectivity index (χ2n) is 6.62. The molecule has 2 aliphatic heterocycles. The largest absolute Gasteiger partial charge is 0.456 e. The van der Waals surface area contributed by atoms with Crippen molar-refractivity contribution in [3.05, 3.63) is 59.7 Å². The fourth-order valence-corrected chi connectivity index (χ4v) is 3.65. The highest BCUT2D eigenvalue weighted by molar-refractivity contribution is 5.94. The van der Waals surface area contributed by atoms with Gasteiger partial charge in [-0.1, -0.05) is 12.1 Å². The molecule has 2 heterocycles. The number of hydrogen-bond donors (Lipinski definition) is 1. The Morgan fingerprint density at radius 2 is 1.96 bits per heavy atom. The Morgan fingerprint density at radius 3 is 2.64 bits per heavy atom. The molecule has 126 valence electrons.